The van der Waals surface area contributed by atoms with Crippen LogP contribution in [0.2, 0.25) is 0 Å². The van der Waals surface area contributed by atoms with E-state index >= 15 is 0 Å². The molecule has 1 aliphatic heterocycles. The number of hydrogen-bond acceptors (Lipinski definition) is 5. The van der Waals surface area contributed by atoms with E-state index in [0.717, 1.165) is 56.2 Å². The van der Waals surface area contributed by atoms with E-state index in [1.54, 1.807) is 0 Å². The normalized spacial score (nSPS) is 18.4. The van der Waals surface area contributed by atoms with Crippen molar-refractivity contribution in [3.63, 3.8) is 0 Å². The number of nitrogens with one attached hydrogen (secondary N) is 4. The van der Waals surface area contributed by atoms with Crippen LogP contribution in [0.3, 0.4) is 0 Å². The van der Waals surface area contributed by atoms with Crippen LogP contribution in [0.1, 0.15) is 35.1 Å². The van der Waals surface area contributed by atoms with Crippen molar-refractivity contribution < 1.29 is 7.65 Å². The van der Waals surface area contributed by atoms with Gasteiger partial charge in [-0.15, -0.1) is 0 Å². The van der Waals surface area contributed by atoms with Gasteiger partial charge in [0.25, 0.3) is 5.91 Å². The molecule has 7 nitrogen and oxygen atoms in total. The van der Waals surface area contributed by atoms with Gasteiger partial charge in [0.05, 0.1) is 0 Å². The Morgan fingerprint density at radius 1 is 1.37 bits per heavy atom. The van der Waals surface area contributed by atoms with Crippen LogP contribution in [-0.2, 0) is 11.2 Å². The first-order valence-electron chi connectivity index (χ1n) is 10.5. The predicted molar refractivity (Wildman–Crippen MR) is 130 cm³/mol. The van der Waals surface area contributed by atoms with E-state index in [-0.39, 0.29) is 19.1 Å². The highest BCUT2D eigenvalue weighted by Crippen LogP contribution is 2.20. The van der Waals surface area contributed by atoms with Crippen LogP contribution >= 0.6 is 11.8 Å². The van der Waals surface area contributed by atoms with Crippen LogP contribution in [0.15, 0.2) is 30.5 Å². The van der Waals surface area contributed by atoms with Crippen molar-refractivity contribution in [1.82, 2.24) is 20.1 Å². The Labute approximate surface area is 185 Å². The van der Waals surface area contributed by atoms with E-state index in [0.29, 0.717) is 6.04 Å². The third-order valence-electron chi connectivity index (χ3n) is 5.77. The number of hydrogen-bond donors (Lipinski definition) is 4. The van der Waals surface area contributed by atoms with Crippen LogP contribution in [0.5, 0.6) is 0 Å². The van der Waals surface area contributed by atoms with E-state index in [9.17, 15) is 4.79 Å². The highest BCUT2D eigenvalue weighted by molar-refractivity contribution is 8.27. The second-order valence-corrected chi connectivity index (χ2v) is 9.03. The van der Waals surface area contributed by atoms with Crippen LogP contribution < -0.4 is 5.32 Å². The summed E-state index contributed by atoms with van der Waals surface area (Å²) in [5.74, 6) is -0.398. The minimum absolute atomic E-state index is 0. The van der Waals surface area contributed by atoms with Gasteiger partial charge >= 0.3 is 0 Å². The molecule has 1 fully saturated rings. The Morgan fingerprint density at radius 2 is 2.13 bits per heavy atom. The Bertz CT molecular complexity index is 921. The van der Waals surface area contributed by atoms with Crippen molar-refractivity contribution in [1.29, 1.82) is 10.8 Å². The molecule has 1 amide bonds. The number of carbonyl (C=O) groups excluding carboxylic acids is 1. The summed E-state index contributed by atoms with van der Waals surface area (Å²) < 4.78 is 0. The molecule has 0 radical (unpaired) electrons. The first kappa shape index (κ1) is 22.4. The van der Waals surface area contributed by atoms with Gasteiger partial charge in [-0.1, -0.05) is 31.5 Å². The van der Waals surface area contributed by atoms with Crippen molar-refractivity contribution in [2.45, 2.75) is 45.2 Å². The Morgan fingerprint density at radius 3 is 2.87 bits per heavy atom. The molecule has 0 bridgehead atoms. The quantitative estimate of drug-likeness (QED) is 0.427. The van der Waals surface area contributed by atoms with Gasteiger partial charge in [-0.2, -0.15) is 0 Å². The van der Waals surface area contributed by atoms with Crippen LogP contribution in [0, 0.1) is 10.8 Å². The minimum atomic E-state index is -0.398. The number of carbonyl (C=O) groups is 1. The lowest BCUT2D eigenvalue weighted by Crippen LogP contribution is -2.51. The molecule has 3 rings (SSSR count). The zero-order valence-electron chi connectivity index (χ0n) is 18.0. The van der Waals surface area contributed by atoms with Crippen LogP contribution in [0.25, 0.3) is 10.9 Å². The summed E-state index contributed by atoms with van der Waals surface area (Å²) in [4.78, 5) is 20.2. The molecule has 2 heterocycles. The number of likely N-dealkylation sites (N-methyl/N-ethyl adjacent to an activating group) is 1. The Kier molecular flexibility index (Phi) is 7.55. The van der Waals surface area contributed by atoms with Gasteiger partial charge in [0.2, 0.25) is 0 Å². The summed E-state index contributed by atoms with van der Waals surface area (Å²) in [6.07, 6.45) is 4.51. The fourth-order valence-corrected chi connectivity index (χ4v) is 4.47. The summed E-state index contributed by atoms with van der Waals surface area (Å²) in [6.45, 7) is 6.60. The third-order valence-corrected chi connectivity index (χ3v) is 6.61. The number of benzene rings is 1. The molecule has 1 saturated heterocycles. The molecule has 2 aromatic rings. The summed E-state index contributed by atoms with van der Waals surface area (Å²) in [6, 6.07) is 8.46. The summed E-state index contributed by atoms with van der Waals surface area (Å²) >= 11 is 0.944. The molecular weight excluding hydrogens is 396 g/mol. The first-order valence-corrected chi connectivity index (χ1v) is 11.4. The van der Waals surface area contributed by atoms with E-state index in [2.05, 4.69) is 42.2 Å². The number of rotatable bonds is 5. The van der Waals surface area contributed by atoms with Gasteiger partial charge in [0.1, 0.15) is 0 Å². The lowest BCUT2D eigenvalue weighted by Gasteiger charge is -2.38. The van der Waals surface area contributed by atoms with Crippen LogP contribution in [0.4, 0.5) is 0 Å². The van der Waals surface area contributed by atoms with Gasteiger partial charge in [0, 0.05) is 51.7 Å². The summed E-state index contributed by atoms with van der Waals surface area (Å²) in [5, 5.41) is 20.9. The predicted octanol–water partition coefficient (Wildman–Crippen LogP) is 3.77. The average Bonchev–Trinajstić information content (AvgIpc) is 3.13. The maximum absolute atomic E-state index is 12.7. The summed E-state index contributed by atoms with van der Waals surface area (Å²) in [7, 11) is 2.08. The Hall–Kier alpha value is -2.32. The van der Waals surface area contributed by atoms with Crippen molar-refractivity contribution in [3.8, 4) is 0 Å². The minimum Gasteiger partial charge on any atom is -0.361 e. The van der Waals surface area contributed by atoms with Gasteiger partial charge in [-0.25, -0.2) is 0 Å². The summed E-state index contributed by atoms with van der Waals surface area (Å²) in [5.41, 5.74) is 2.26. The third kappa shape index (κ3) is 5.43. The Balaban J connectivity index is 0.00000256. The molecule has 1 aromatic carbocycles. The van der Waals surface area contributed by atoms with Gasteiger partial charge in [0.15, 0.2) is 10.2 Å². The number of aromatic amines is 1. The molecule has 1 aliphatic rings. The molecule has 2 unspecified atom stereocenters. The smallest absolute Gasteiger partial charge is 0.276 e. The lowest BCUT2D eigenvalue weighted by molar-refractivity contribution is -0.115. The van der Waals surface area contributed by atoms with Gasteiger partial charge in [-0.3, -0.25) is 15.6 Å². The second-order valence-electron chi connectivity index (χ2n) is 8.03. The molecule has 0 spiro atoms. The van der Waals surface area contributed by atoms with Crippen molar-refractivity contribution in [2.24, 2.45) is 0 Å². The number of para-hydroxylation sites is 1. The van der Waals surface area contributed by atoms with E-state index in [4.69, 9.17) is 10.8 Å². The zero-order chi connectivity index (χ0) is 21.7. The molecule has 4 N–H and O–H groups in total. The van der Waals surface area contributed by atoms with E-state index < -0.39 is 5.91 Å². The number of amidine groups is 1. The topological polar surface area (TPSA) is 99.1 Å². The SMILES string of the molecule is CCCC(Cc1c[nH]c2ccccc12)NC(=O)C(=N)SC(=N)N1CCN(C)C(C)C1.[HH].[HH]. The van der Waals surface area contributed by atoms with Gasteiger partial charge < -0.3 is 20.1 Å². The molecule has 0 aliphatic carbocycles. The number of aromatic nitrogens is 1. The number of nitrogens with zero attached hydrogens (tertiary/aromatic N) is 2. The second kappa shape index (κ2) is 10.1. The maximum atomic E-state index is 12.7. The lowest BCUT2D eigenvalue weighted by atomic mass is 10.0. The molecule has 2 atom stereocenters. The standard InChI is InChI=1S/C22H32N6OS.2H2/c1-4-7-17(12-16-13-25-19-9-6-5-8-18(16)19)26-21(29)20(23)30-22(24)28-11-10-27(3)15(2)14-28;;/h5-6,8-9,13,15,17,23-25H,4,7,10-12,14H2,1-3H3,(H,26,29);2*1H. The fraction of sp³-hybridized carbons (Fsp3) is 0.500. The number of amides is 1. The number of fused-ring (bicyclic) bond motifs is 1. The number of piperazine rings is 1. The molecule has 0 saturated carbocycles. The van der Waals surface area contributed by atoms with E-state index in [1.807, 2.05) is 29.3 Å². The largest absolute Gasteiger partial charge is 0.361 e. The molecular formula is C22H36N6OS. The first-order chi connectivity index (χ1) is 14.4. The molecule has 30 heavy (non-hydrogen) atoms. The van der Waals surface area contributed by atoms with Crippen molar-refractivity contribution in [2.75, 3.05) is 26.7 Å². The van der Waals surface area contributed by atoms with Crippen molar-refractivity contribution >= 4 is 38.8 Å². The molecule has 1 aromatic heterocycles. The van der Waals surface area contributed by atoms with Gasteiger partial charge in [-0.05, 0) is 50.2 Å². The monoisotopic (exact) mass is 432 g/mol. The van der Waals surface area contributed by atoms with E-state index in [1.165, 1.54) is 10.9 Å². The van der Waals surface area contributed by atoms with Crippen LogP contribution in [-0.4, -0.2) is 69.7 Å². The maximum Gasteiger partial charge on any atom is 0.276 e. The number of H-pyrrole nitrogens is 1. The molecule has 8 heteroatoms. The highest BCUT2D eigenvalue weighted by atomic mass is 32.2. The fourth-order valence-electron chi connectivity index (χ4n) is 3.83. The molecule has 166 valence electrons. The number of thioether (sulfide) groups is 1. The van der Waals surface area contributed by atoms with Crippen molar-refractivity contribution in [3.05, 3.63) is 36.0 Å². The zero-order valence-corrected chi connectivity index (χ0v) is 18.8. The highest BCUT2D eigenvalue weighted by Gasteiger charge is 2.25. The average molecular weight is 433 g/mol.